The Morgan fingerprint density at radius 1 is 1.03 bits per heavy atom. The van der Waals surface area contributed by atoms with Gasteiger partial charge in [0.2, 0.25) is 5.89 Å². The number of Topliss-reactive ketones (excluding diaryl/α,β-unsaturated/α-hetero) is 1. The molecule has 0 unspecified atom stereocenters. The van der Waals surface area contributed by atoms with E-state index in [-0.39, 0.29) is 5.78 Å². The number of nitrogens with zero attached hydrogens (tertiary/aromatic N) is 1. The summed E-state index contributed by atoms with van der Waals surface area (Å²) in [7, 11) is 1.65. The second-order valence-electron chi connectivity index (χ2n) is 8.68. The summed E-state index contributed by atoms with van der Waals surface area (Å²) in [5.41, 5.74) is 2.15. The molecule has 0 radical (unpaired) electrons. The Morgan fingerprint density at radius 3 is 2.65 bits per heavy atom. The van der Waals surface area contributed by atoms with Crippen molar-refractivity contribution < 1.29 is 23.4 Å². The summed E-state index contributed by atoms with van der Waals surface area (Å²) in [6, 6.07) is 13.0. The van der Waals surface area contributed by atoms with E-state index in [1.54, 1.807) is 19.4 Å². The molecule has 0 saturated heterocycles. The van der Waals surface area contributed by atoms with Crippen LogP contribution in [0.5, 0.6) is 17.2 Å². The predicted molar refractivity (Wildman–Crippen MR) is 131 cm³/mol. The number of oxazole rings is 1. The topological polar surface area (TPSA) is 70.8 Å². The van der Waals surface area contributed by atoms with Crippen LogP contribution in [-0.2, 0) is 6.42 Å². The Kier molecular flexibility index (Phi) is 8.23. The fourth-order valence-corrected chi connectivity index (χ4v) is 4.39. The molecule has 0 amide bonds. The molecule has 3 aromatic rings. The van der Waals surface area contributed by atoms with E-state index in [0.717, 1.165) is 11.3 Å². The Morgan fingerprint density at radius 2 is 1.85 bits per heavy atom. The van der Waals surface area contributed by atoms with Gasteiger partial charge in [0.25, 0.3) is 0 Å². The highest BCUT2D eigenvalue weighted by Gasteiger charge is 2.17. The highest BCUT2D eigenvalue weighted by molar-refractivity contribution is 5.98. The predicted octanol–water partition coefficient (Wildman–Crippen LogP) is 6.52. The fourth-order valence-electron chi connectivity index (χ4n) is 4.39. The van der Waals surface area contributed by atoms with Crippen molar-refractivity contribution in [2.75, 3.05) is 20.3 Å². The number of carbonyl (C=O) groups excluding carboxylic acids is 1. The monoisotopic (exact) mass is 463 g/mol. The Bertz CT molecular complexity index is 1080. The highest BCUT2D eigenvalue weighted by Crippen LogP contribution is 2.34. The quantitative estimate of drug-likeness (QED) is 0.301. The number of hydrogen-bond acceptors (Lipinski definition) is 6. The van der Waals surface area contributed by atoms with Crippen molar-refractivity contribution in [2.24, 2.45) is 5.92 Å². The van der Waals surface area contributed by atoms with E-state index in [4.69, 9.17) is 18.6 Å². The van der Waals surface area contributed by atoms with Crippen molar-refractivity contribution in [3.05, 3.63) is 60.0 Å². The molecule has 0 spiro atoms. The normalized spacial score (nSPS) is 14.1. The number of ether oxygens (including phenoxy) is 3. The number of benzene rings is 2. The molecule has 0 atom stereocenters. The van der Waals surface area contributed by atoms with Crippen LogP contribution in [0, 0.1) is 5.92 Å². The standard InChI is InChI=1S/C28H33NO5/c1-3-32-25-12-8-7-11-23(25)24(30)15-14-22-19-34-28(29-22)21-13-16-26(31-2)27(17-21)33-18-20-9-5-4-6-10-20/h7-8,11-13,16-17,19-20H,3-6,9-10,14-15,18H2,1-2H3. The van der Waals surface area contributed by atoms with Gasteiger partial charge in [-0.2, -0.15) is 0 Å². The van der Waals surface area contributed by atoms with Crippen LogP contribution in [0.1, 0.15) is 61.5 Å². The molecular formula is C28H33NO5. The van der Waals surface area contributed by atoms with Crippen LogP contribution in [0.4, 0.5) is 0 Å². The molecule has 1 fully saturated rings. The van der Waals surface area contributed by atoms with Crippen molar-refractivity contribution >= 4 is 5.78 Å². The summed E-state index contributed by atoms with van der Waals surface area (Å²) in [5.74, 6) is 3.15. The van der Waals surface area contributed by atoms with Crippen molar-refractivity contribution in [1.82, 2.24) is 4.98 Å². The molecule has 0 aliphatic heterocycles. The van der Waals surface area contributed by atoms with Crippen LogP contribution in [0.25, 0.3) is 11.5 Å². The Balaban J connectivity index is 1.40. The average Bonchev–Trinajstić information content (AvgIpc) is 3.36. The molecule has 0 N–H and O–H groups in total. The molecule has 4 rings (SSSR count). The van der Waals surface area contributed by atoms with E-state index in [9.17, 15) is 4.79 Å². The van der Waals surface area contributed by atoms with Crippen molar-refractivity contribution in [3.63, 3.8) is 0 Å². The molecule has 6 nitrogen and oxygen atoms in total. The molecule has 0 bridgehead atoms. The van der Waals surface area contributed by atoms with Crippen molar-refractivity contribution in [3.8, 4) is 28.7 Å². The van der Waals surface area contributed by atoms with Crippen molar-refractivity contribution in [2.45, 2.75) is 51.9 Å². The molecule has 180 valence electrons. The van der Waals surface area contributed by atoms with Crippen LogP contribution in [-0.4, -0.2) is 31.1 Å². The zero-order chi connectivity index (χ0) is 23.8. The number of rotatable bonds is 11. The first kappa shape index (κ1) is 23.9. The maximum absolute atomic E-state index is 12.7. The highest BCUT2D eigenvalue weighted by atomic mass is 16.5. The van der Waals surface area contributed by atoms with Gasteiger partial charge in [-0.15, -0.1) is 0 Å². The first-order valence-corrected chi connectivity index (χ1v) is 12.2. The zero-order valence-corrected chi connectivity index (χ0v) is 20.0. The summed E-state index contributed by atoms with van der Waals surface area (Å²) in [4.78, 5) is 17.3. The second-order valence-corrected chi connectivity index (χ2v) is 8.68. The van der Waals surface area contributed by atoms with Crippen LogP contribution in [0.15, 0.2) is 53.1 Å². The molecule has 1 aliphatic rings. The summed E-state index contributed by atoms with van der Waals surface area (Å²) in [6.07, 6.45) is 8.76. The maximum Gasteiger partial charge on any atom is 0.226 e. The first-order chi connectivity index (χ1) is 16.7. The van der Waals surface area contributed by atoms with Gasteiger partial charge in [0.05, 0.1) is 31.6 Å². The second kappa shape index (κ2) is 11.7. The van der Waals surface area contributed by atoms with E-state index >= 15 is 0 Å². The third kappa shape index (κ3) is 5.99. The minimum atomic E-state index is 0.0245. The lowest BCUT2D eigenvalue weighted by Gasteiger charge is -2.22. The Labute approximate surface area is 201 Å². The molecule has 1 aromatic heterocycles. The molecule has 2 aromatic carbocycles. The molecular weight excluding hydrogens is 430 g/mol. The minimum Gasteiger partial charge on any atom is -0.493 e. The third-order valence-electron chi connectivity index (χ3n) is 6.26. The third-order valence-corrected chi connectivity index (χ3v) is 6.26. The number of ketones is 1. The summed E-state index contributed by atoms with van der Waals surface area (Å²) >= 11 is 0. The summed E-state index contributed by atoms with van der Waals surface area (Å²) < 4.78 is 23.0. The minimum absolute atomic E-state index is 0.0245. The number of hydrogen-bond donors (Lipinski definition) is 0. The van der Waals surface area contributed by atoms with Crippen LogP contribution >= 0.6 is 0 Å². The lowest BCUT2D eigenvalue weighted by Crippen LogP contribution is -2.15. The molecule has 6 heteroatoms. The fraction of sp³-hybridized carbons (Fsp3) is 0.429. The van der Waals surface area contributed by atoms with Crippen LogP contribution < -0.4 is 14.2 Å². The van der Waals surface area contributed by atoms with E-state index in [1.807, 2.05) is 43.3 Å². The van der Waals surface area contributed by atoms with E-state index in [0.29, 0.717) is 60.7 Å². The van der Waals surface area contributed by atoms with Crippen LogP contribution in [0.2, 0.25) is 0 Å². The van der Waals surface area contributed by atoms with Gasteiger partial charge in [-0.3, -0.25) is 4.79 Å². The molecule has 1 heterocycles. The van der Waals surface area contributed by atoms with E-state index < -0.39 is 0 Å². The first-order valence-electron chi connectivity index (χ1n) is 12.2. The molecule has 1 aliphatic carbocycles. The van der Waals surface area contributed by atoms with Crippen LogP contribution in [0.3, 0.4) is 0 Å². The number of para-hydroxylation sites is 1. The smallest absolute Gasteiger partial charge is 0.226 e. The van der Waals surface area contributed by atoms with E-state index in [2.05, 4.69) is 4.98 Å². The number of methoxy groups -OCH3 is 1. The van der Waals surface area contributed by atoms with Gasteiger partial charge in [0.1, 0.15) is 12.0 Å². The van der Waals surface area contributed by atoms with Gasteiger partial charge >= 0.3 is 0 Å². The summed E-state index contributed by atoms with van der Waals surface area (Å²) in [5, 5.41) is 0. The maximum atomic E-state index is 12.7. The van der Waals surface area contributed by atoms with Crippen molar-refractivity contribution in [1.29, 1.82) is 0 Å². The number of carbonyl (C=O) groups is 1. The Hall–Kier alpha value is -3.28. The lowest BCUT2D eigenvalue weighted by molar-refractivity contribution is 0.0979. The van der Waals surface area contributed by atoms with Gasteiger partial charge in [0.15, 0.2) is 17.3 Å². The van der Waals surface area contributed by atoms with Gasteiger partial charge < -0.3 is 18.6 Å². The summed E-state index contributed by atoms with van der Waals surface area (Å²) in [6.45, 7) is 3.12. The zero-order valence-electron chi connectivity index (χ0n) is 20.0. The molecule has 1 saturated carbocycles. The number of aromatic nitrogens is 1. The van der Waals surface area contributed by atoms with Gasteiger partial charge in [-0.25, -0.2) is 4.98 Å². The average molecular weight is 464 g/mol. The van der Waals surface area contributed by atoms with Gasteiger partial charge in [0, 0.05) is 18.4 Å². The van der Waals surface area contributed by atoms with E-state index in [1.165, 1.54) is 32.1 Å². The number of aryl methyl sites for hydroxylation is 1. The largest absolute Gasteiger partial charge is 0.493 e. The molecule has 34 heavy (non-hydrogen) atoms. The van der Waals surface area contributed by atoms with Gasteiger partial charge in [-0.05, 0) is 56.0 Å². The van der Waals surface area contributed by atoms with Gasteiger partial charge in [-0.1, -0.05) is 31.4 Å². The SMILES string of the molecule is CCOc1ccccc1C(=O)CCc1coc(-c2ccc(OC)c(OCC3CCCCC3)c2)n1. The lowest BCUT2D eigenvalue weighted by atomic mass is 9.90.